The minimum absolute atomic E-state index is 0.370. The second kappa shape index (κ2) is 6.39. The van der Waals surface area contributed by atoms with Gasteiger partial charge in [-0.2, -0.15) is 0 Å². The molecule has 2 aliphatic rings. The molecule has 0 spiro atoms. The molecule has 0 saturated heterocycles. The quantitative estimate of drug-likeness (QED) is 0.668. The Bertz CT molecular complexity index is 506. The van der Waals surface area contributed by atoms with Crippen LogP contribution in [-0.2, 0) is 4.79 Å². The predicted molar refractivity (Wildman–Crippen MR) is 83.7 cm³/mol. The third-order valence-corrected chi connectivity index (χ3v) is 4.83. The van der Waals surface area contributed by atoms with Crippen LogP contribution in [0.1, 0.15) is 74.8 Å². The average molecular weight is 268 g/mol. The molecule has 0 unspecified atom stereocenters. The van der Waals surface area contributed by atoms with Crippen molar-refractivity contribution < 1.29 is 4.79 Å². The highest BCUT2D eigenvalue weighted by atomic mass is 16.1. The van der Waals surface area contributed by atoms with E-state index in [1.54, 1.807) is 0 Å². The van der Waals surface area contributed by atoms with Crippen LogP contribution >= 0.6 is 0 Å². The molecule has 2 aliphatic carbocycles. The van der Waals surface area contributed by atoms with Crippen LogP contribution in [0, 0.1) is 0 Å². The van der Waals surface area contributed by atoms with E-state index in [0.29, 0.717) is 11.7 Å². The van der Waals surface area contributed by atoms with E-state index in [0.717, 1.165) is 24.8 Å². The van der Waals surface area contributed by atoms with Gasteiger partial charge in [0.15, 0.2) is 5.78 Å². The first-order valence-electron chi connectivity index (χ1n) is 8.17. The zero-order valence-electron chi connectivity index (χ0n) is 12.2. The van der Waals surface area contributed by atoms with Gasteiger partial charge in [0.2, 0.25) is 0 Å². The van der Waals surface area contributed by atoms with E-state index in [1.807, 2.05) is 0 Å². The van der Waals surface area contributed by atoms with Crippen LogP contribution < -0.4 is 0 Å². The molecule has 1 aromatic rings. The molecule has 0 N–H and O–H groups in total. The summed E-state index contributed by atoms with van der Waals surface area (Å²) in [7, 11) is 0. The molecule has 0 atom stereocenters. The third kappa shape index (κ3) is 3.03. The summed E-state index contributed by atoms with van der Waals surface area (Å²) in [6.45, 7) is 0. The number of benzene rings is 1. The minimum atomic E-state index is 0.370. The number of Topliss-reactive ketones (excluding diaryl/α,β-unsaturated/α-hetero) is 1. The average Bonchev–Trinajstić information content (AvgIpc) is 2.51. The lowest BCUT2D eigenvalue weighted by Crippen LogP contribution is -2.09. The molecule has 0 aromatic heterocycles. The molecule has 0 amide bonds. The number of ketones is 1. The second-order valence-corrected chi connectivity index (χ2v) is 6.26. The Labute approximate surface area is 122 Å². The molecule has 2 saturated carbocycles. The highest BCUT2D eigenvalue weighted by Gasteiger charge is 2.19. The zero-order chi connectivity index (χ0) is 13.8. The topological polar surface area (TPSA) is 17.1 Å². The molecular weight excluding hydrogens is 244 g/mol. The molecule has 2 fully saturated rings. The van der Waals surface area contributed by atoms with Crippen LogP contribution in [0.25, 0.3) is 6.08 Å². The molecule has 1 heteroatoms. The second-order valence-electron chi connectivity index (χ2n) is 6.26. The Hall–Kier alpha value is -1.37. The van der Waals surface area contributed by atoms with Crippen molar-refractivity contribution in [3.05, 3.63) is 41.0 Å². The van der Waals surface area contributed by atoms with Gasteiger partial charge in [0.1, 0.15) is 0 Å². The molecule has 0 bridgehead atoms. The van der Waals surface area contributed by atoms with Gasteiger partial charge in [-0.1, -0.05) is 43.5 Å². The highest BCUT2D eigenvalue weighted by Crippen LogP contribution is 2.35. The van der Waals surface area contributed by atoms with Crippen molar-refractivity contribution in [2.24, 2.45) is 0 Å². The van der Waals surface area contributed by atoms with Crippen molar-refractivity contribution in [1.82, 2.24) is 0 Å². The number of carbonyl (C=O) groups excluding carboxylic acids is 1. The van der Waals surface area contributed by atoms with E-state index in [1.165, 1.54) is 49.7 Å². The maximum Gasteiger partial charge on any atom is 0.158 e. The lowest BCUT2D eigenvalue weighted by molar-refractivity contribution is -0.116. The SMILES string of the molecule is O=C1CCCC/C1=C\c1ccccc1C1CCCCC1. The maximum atomic E-state index is 12.0. The Morgan fingerprint density at radius 3 is 2.45 bits per heavy atom. The first kappa shape index (κ1) is 13.6. The van der Waals surface area contributed by atoms with E-state index in [9.17, 15) is 4.79 Å². The van der Waals surface area contributed by atoms with Crippen molar-refractivity contribution >= 4 is 11.9 Å². The lowest BCUT2D eigenvalue weighted by Gasteiger charge is -2.24. The van der Waals surface area contributed by atoms with Crippen LogP contribution in [0.4, 0.5) is 0 Å². The summed E-state index contributed by atoms with van der Waals surface area (Å²) >= 11 is 0. The van der Waals surface area contributed by atoms with E-state index in [-0.39, 0.29) is 0 Å². The van der Waals surface area contributed by atoms with Crippen LogP contribution in [0.2, 0.25) is 0 Å². The summed E-state index contributed by atoms with van der Waals surface area (Å²) in [5, 5.41) is 0. The van der Waals surface area contributed by atoms with Crippen molar-refractivity contribution in [1.29, 1.82) is 0 Å². The molecule has 1 aromatic carbocycles. The fourth-order valence-corrected chi connectivity index (χ4v) is 3.67. The van der Waals surface area contributed by atoms with Gasteiger partial charge in [0.25, 0.3) is 0 Å². The number of rotatable bonds is 2. The summed E-state index contributed by atoms with van der Waals surface area (Å²) in [6.07, 6.45) is 12.9. The minimum Gasteiger partial charge on any atom is -0.295 e. The smallest absolute Gasteiger partial charge is 0.158 e. The van der Waals surface area contributed by atoms with Crippen LogP contribution in [0.15, 0.2) is 29.8 Å². The molecule has 106 valence electrons. The summed E-state index contributed by atoms with van der Waals surface area (Å²) in [5.41, 5.74) is 3.82. The molecule has 0 aliphatic heterocycles. The van der Waals surface area contributed by atoms with E-state index in [4.69, 9.17) is 0 Å². The van der Waals surface area contributed by atoms with Crippen molar-refractivity contribution in [3.8, 4) is 0 Å². The van der Waals surface area contributed by atoms with Gasteiger partial charge in [-0.25, -0.2) is 0 Å². The van der Waals surface area contributed by atoms with Gasteiger partial charge in [-0.05, 0) is 60.8 Å². The van der Waals surface area contributed by atoms with Crippen LogP contribution in [0.5, 0.6) is 0 Å². The van der Waals surface area contributed by atoms with Crippen molar-refractivity contribution in [3.63, 3.8) is 0 Å². The monoisotopic (exact) mass is 268 g/mol. The fourth-order valence-electron chi connectivity index (χ4n) is 3.67. The van der Waals surface area contributed by atoms with Crippen molar-refractivity contribution in [2.45, 2.75) is 63.7 Å². The van der Waals surface area contributed by atoms with Gasteiger partial charge in [-0.15, -0.1) is 0 Å². The van der Waals surface area contributed by atoms with Gasteiger partial charge < -0.3 is 0 Å². The number of allylic oxidation sites excluding steroid dienone is 1. The van der Waals surface area contributed by atoms with E-state index in [2.05, 4.69) is 30.3 Å². The zero-order valence-corrected chi connectivity index (χ0v) is 12.2. The predicted octanol–water partition coefficient (Wildman–Crippen LogP) is 5.26. The fraction of sp³-hybridized carbons (Fsp3) is 0.526. The molecule has 20 heavy (non-hydrogen) atoms. The van der Waals surface area contributed by atoms with Gasteiger partial charge in [0.05, 0.1) is 0 Å². The summed E-state index contributed by atoms with van der Waals surface area (Å²) in [6, 6.07) is 8.72. The summed E-state index contributed by atoms with van der Waals surface area (Å²) < 4.78 is 0. The molecule has 0 radical (unpaired) electrons. The number of hydrogen-bond acceptors (Lipinski definition) is 1. The Morgan fingerprint density at radius 1 is 0.900 bits per heavy atom. The van der Waals surface area contributed by atoms with E-state index >= 15 is 0 Å². The van der Waals surface area contributed by atoms with Crippen molar-refractivity contribution in [2.75, 3.05) is 0 Å². The Kier molecular flexibility index (Phi) is 4.34. The first-order chi connectivity index (χ1) is 9.84. The summed E-state index contributed by atoms with van der Waals surface area (Å²) in [4.78, 5) is 12.0. The molecule has 3 rings (SSSR count). The molecular formula is C19H24O. The van der Waals surface area contributed by atoms with Crippen LogP contribution in [-0.4, -0.2) is 5.78 Å². The number of hydrogen-bond donors (Lipinski definition) is 0. The first-order valence-corrected chi connectivity index (χ1v) is 8.17. The Balaban J connectivity index is 1.89. The standard InChI is InChI=1S/C19H24O/c20-19-13-7-5-11-17(19)14-16-10-4-6-12-18(16)15-8-2-1-3-9-15/h4,6,10,12,14-15H,1-3,5,7-9,11,13H2/b17-14+. The normalized spacial score (nSPS) is 23.2. The van der Waals surface area contributed by atoms with Gasteiger partial charge >= 0.3 is 0 Å². The molecule has 1 nitrogen and oxygen atoms in total. The highest BCUT2D eigenvalue weighted by molar-refractivity contribution is 6.00. The maximum absolute atomic E-state index is 12.0. The molecule has 0 heterocycles. The summed E-state index contributed by atoms with van der Waals surface area (Å²) in [5.74, 6) is 1.07. The van der Waals surface area contributed by atoms with E-state index < -0.39 is 0 Å². The largest absolute Gasteiger partial charge is 0.295 e. The lowest BCUT2D eigenvalue weighted by atomic mass is 9.81. The third-order valence-electron chi connectivity index (χ3n) is 4.83. The van der Waals surface area contributed by atoms with Crippen LogP contribution in [0.3, 0.4) is 0 Å². The number of carbonyl (C=O) groups is 1. The van der Waals surface area contributed by atoms with Gasteiger partial charge in [-0.3, -0.25) is 4.79 Å². The van der Waals surface area contributed by atoms with Gasteiger partial charge in [0, 0.05) is 6.42 Å². The Morgan fingerprint density at radius 2 is 1.65 bits per heavy atom.